The van der Waals surface area contributed by atoms with Gasteiger partial charge in [0.1, 0.15) is 11.5 Å². The van der Waals surface area contributed by atoms with Crippen LogP contribution < -0.4 is 14.8 Å². The van der Waals surface area contributed by atoms with Crippen LogP contribution in [-0.2, 0) is 10.0 Å². The molecule has 0 saturated carbocycles. The third-order valence-electron chi connectivity index (χ3n) is 4.58. The molecule has 0 bridgehead atoms. The molecule has 1 amide bonds. The molecule has 2 aromatic carbocycles. The Balaban J connectivity index is 1.88. The van der Waals surface area contributed by atoms with Gasteiger partial charge in [-0.1, -0.05) is 6.07 Å². The van der Waals surface area contributed by atoms with Gasteiger partial charge in [-0.05, 0) is 57.0 Å². The van der Waals surface area contributed by atoms with Gasteiger partial charge in [0.05, 0.1) is 23.7 Å². The van der Waals surface area contributed by atoms with Gasteiger partial charge in [0.15, 0.2) is 0 Å². The highest BCUT2D eigenvalue weighted by Crippen LogP contribution is 2.28. The first-order chi connectivity index (χ1) is 13.8. The van der Waals surface area contributed by atoms with E-state index >= 15 is 0 Å². The van der Waals surface area contributed by atoms with E-state index in [1.807, 2.05) is 13.8 Å². The molecule has 1 saturated heterocycles. The third kappa shape index (κ3) is 4.89. The molecule has 0 aromatic heterocycles. The number of sulfonamides is 1. The lowest BCUT2D eigenvalue weighted by atomic mass is 10.1. The van der Waals surface area contributed by atoms with Gasteiger partial charge in [0.2, 0.25) is 10.0 Å². The average Bonchev–Trinajstić information content (AvgIpc) is 3.23. The Morgan fingerprint density at radius 3 is 2.48 bits per heavy atom. The lowest BCUT2D eigenvalue weighted by molar-refractivity contribution is 0.102. The van der Waals surface area contributed by atoms with E-state index in [-0.39, 0.29) is 16.6 Å². The normalized spacial score (nSPS) is 14.8. The van der Waals surface area contributed by atoms with Gasteiger partial charge in [-0.2, -0.15) is 4.31 Å². The summed E-state index contributed by atoms with van der Waals surface area (Å²) in [5.74, 6) is 0.481. The number of hydrogen-bond donors (Lipinski definition) is 1. The second-order valence-corrected chi connectivity index (χ2v) is 9.06. The lowest BCUT2D eigenvalue weighted by Gasteiger charge is -2.17. The summed E-state index contributed by atoms with van der Waals surface area (Å²) in [5.41, 5.74) is 0.700. The van der Waals surface area contributed by atoms with Gasteiger partial charge in [-0.15, -0.1) is 0 Å². The van der Waals surface area contributed by atoms with E-state index in [2.05, 4.69) is 5.32 Å². The van der Waals surface area contributed by atoms with Crippen molar-refractivity contribution < 1.29 is 22.7 Å². The van der Waals surface area contributed by atoms with Gasteiger partial charge in [0.25, 0.3) is 5.91 Å². The average molecular weight is 419 g/mol. The summed E-state index contributed by atoms with van der Waals surface area (Å²) in [6.45, 7) is 4.84. The van der Waals surface area contributed by atoms with Gasteiger partial charge < -0.3 is 14.8 Å². The van der Waals surface area contributed by atoms with Crippen LogP contribution in [0.4, 0.5) is 5.69 Å². The number of anilines is 1. The van der Waals surface area contributed by atoms with E-state index in [0.29, 0.717) is 30.3 Å². The van der Waals surface area contributed by atoms with E-state index in [9.17, 15) is 13.2 Å². The van der Waals surface area contributed by atoms with Crippen molar-refractivity contribution in [2.75, 3.05) is 25.5 Å². The van der Waals surface area contributed by atoms with E-state index in [1.54, 1.807) is 24.3 Å². The number of ether oxygens (including phenoxy) is 2. The lowest BCUT2D eigenvalue weighted by Crippen LogP contribution is -2.28. The molecule has 0 aliphatic carbocycles. The Hall–Kier alpha value is -2.58. The summed E-state index contributed by atoms with van der Waals surface area (Å²) >= 11 is 0. The molecular formula is C21H26N2O5S. The van der Waals surface area contributed by atoms with Crippen LogP contribution in [0.25, 0.3) is 0 Å². The van der Waals surface area contributed by atoms with E-state index in [0.717, 1.165) is 12.8 Å². The highest BCUT2D eigenvalue weighted by molar-refractivity contribution is 7.89. The van der Waals surface area contributed by atoms with Crippen molar-refractivity contribution in [2.24, 2.45) is 0 Å². The summed E-state index contributed by atoms with van der Waals surface area (Å²) in [7, 11) is -2.19. The molecule has 8 heteroatoms. The highest BCUT2D eigenvalue weighted by Gasteiger charge is 2.28. The van der Waals surface area contributed by atoms with Crippen molar-refractivity contribution in [3.8, 4) is 11.5 Å². The number of carbonyl (C=O) groups is 1. The van der Waals surface area contributed by atoms with Crippen LogP contribution in [0.1, 0.15) is 37.0 Å². The van der Waals surface area contributed by atoms with Gasteiger partial charge in [0, 0.05) is 24.8 Å². The molecule has 29 heavy (non-hydrogen) atoms. The molecule has 1 aliphatic rings. The van der Waals surface area contributed by atoms with Gasteiger partial charge in [-0.3, -0.25) is 4.79 Å². The first kappa shape index (κ1) is 21.1. The summed E-state index contributed by atoms with van der Waals surface area (Å²) in [6.07, 6.45) is 1.70. The first-order valence-corrected chi connectivity index (χ1v) is 11.0. The smallest absolute Gasteiger partial charge is 0.259 e. The number of hydrogen-bond acceptors (Lipinski definition) is 5. The number of nitrogens with zero attached hydrogens (tertiary/aromatic N) is 1. The Kier molecular flexibility index (Phi) is 6.44. The maximum Gasteiger partial charge on any atom is 0.259 e. The van der Waals surface area contributed by atoms with E-state index in [1.165, 1.54) is 29.6 Å². The zero-order valence-corrected chi connectivity index (χ0v) is 17.7. The fourth-order valence-corrected chi connectivity index (χ4v) is 4.76. The molecule has 0 unspecified atom stereocenters. The number of nitrogens with one attached hydrogen (secondary N) is 1. The van der Waals surface area contributed by atoms with Crippen LogP contribution in [-0.4, -0.2) is 44.9 Å². The number of methoxy groups -OCH3 is 1. The van der Waals surface area contributed by atoms with Crippen molar-refractivity contribution >= 4 is 21.6 Å². The molecule has 1 fully saturated rings. The second kappa shape index (κ2) is 8.84. The molecule has 3 rings (SSSR count). The van der Waals surface area contributed by atoms with Crippen molar-refractivity contribution in [3.05, 3.63) is 48.0 Å². The molecule has 156 valence electrons. The van der Waals surface area contributed by atoms with Crippen LogP contribution in [0.5, 0.6) is 11.5 Å². The largest absolute Gasteiger partial charge is 0.496 e. The number of benzene rings is 2. The van der Waals surface area contributed by atoms with Crippen LogP contribution in [0.2, 0.25) is 0 Å². The monoisotopic (exact) mass is 418 g/mol. The number of rotatable bonds is 7. The minimum atomic E-state index is -3.63. The Morgan fingerprint density at radius 2 is 1.83 bits per heavy atom. The predicted octanol–water partition coefficient (Wildman–Crippen LogP) is 3.52. The van der Waals surface area contributed by atoms with Crippen molar-refractivity contribution in [3.63, 3.8) is 0 Å². The molecule has 0 atom stereocenters. The van der Waals surface area contributed by atoms with Crippen LogP contribution >= 0.6 is 0 Å². The zero-order valence-electron chi connectivity index (χ0n) is 16.8. The second-order valence-electron chi connectivity index (χ2n) is 7.12. The number of amides is 1. The quantitative estimate of drug-likeness (QED) is 0.744. The Bertz CT molecular complexity index is 982. The summed E-state index contributed by atoms with van der Waals surface area (Å²) in [5, 5.41) is 2.79. The Labute approximate surface area is 171 Å². The maximum absolute atomic E-state index is 12.9. The van der Waals surface area contributed by atoms with Gasteiger partial charge in [-0.25, -0.2) is 8.42 Å². The minimum Gasteiger partial charge on any atom is -0.496 e. The summed E-state index contributed by atoms with van der Waals surface area (Å²) in [4.78, 5) is 13.0. The van der Waals surface area contributed by atoms with E-state index < -0.39 is 15.9 Å². The SMILES string of the molecule is COc1ccc(S(=O)(=O)N2CCCC2)cc1C(=O)Nc1cccc(OC(C)C)c1. The van der Waals surface area contributed by atoms with Crippen LogP contribution in [0.3, 0.4) is 0 Å². The molecule has 1 heterocycles. The summed E-state index contributed by atoms with van der Waals surface area (Å²) < 4.78 is 38.1. The molecule has 0 radical (unpaired) electrons. The van der Waals surface area contributed by atoms with Crippen LogP contribution in [0.15, 0.2) is 47.4 Å². The van der Waals surface area contributed by atoms with Crippen LogP contribution in [0, 0.1) is 0 Å². The van der Waals surface area contributed by atoms with Crippen molar-refractivity contribution in [2.45, 2.75) is 37.7 Å². The van der Waals surface area contributed by atoms with E-state index in [4.69, 9.17) is 9.47 Å². The fraction of sp³-hybridized carbons (Fsp3) is 0.381. The highest BCUT2D eigenvalue weighted by atomic mass is 32.2. The topological polar surface area (TPSA) is 84.9 Å². The standard InChI is InChI=1S/C21H26N2O5S/c1-15(2)28-17-8-6-7-16(13-17)22-21(24)19-14-18(9-10-20(19)27-3)29(25,26)23-11-4-5-12-23/h6-10,13-15H,4-5,11-12H2,1-3H3,(H,22,24). The molecule has 7 nitrogen and oxygen atoms in total. The molecule has 1 aliphatic heterocycles. The fourth-order valence-electron chi connectivity index (χ4n) is 3.22. The third-order valence-corrected chi connectivity index (χ3v) is 6.48. The molecular weight excluding hydrogens is 392 g/mol. The maximum atomic E-state index is 12.9. The first-order valence-electron chi connectivity index (χ1n) is 9.57. The van der Waals surface area contributed by atoms with Gasteiger partial charge >= 0.3 is 0 Å². The minimum absolute atomic E-state index is 0.00789. The predicted molar refractivity (Wildman–Crippen MR) is 111 cm³/mol. The molecule has 1 N–H and O–H groups in total. The van der Waals surface area contributed by atoms with Crippen molar-refractivity contribution in [1.82, 2.24) is 4.31 Å². The summed E-state index contributed by atoms with van der Waals surface area (Å²) in [6, 6.07) is 11.4. The molecule has 2 aromatic rings. The number of carbonyl (C=O) groups excluding carboxylic acids is 1. The molecule has 0 spiro atoms. The zero-order chi connectivity index (χ0) is 21.0. The Morgan fingerprint density at radius 1 is 1.10 bits per heavy atom. The van der Waals surface area contributed by atoms with Crippen molar-refractivity contribution in [1.29, 1.82) is 0 Å².